The number of ether oxygens (including phenoxy) is 1. The Balaban J connectivity index is 1.93. The summed E-state index contributed by atoms with van der Waals surface area (Å²) in [5.41, 5.74) is 1.39. The van der Waals surface area contributed by atoms with Crippen molar-refractivity contribution in [3.63, 3.8) is 0 Å². The highest BCUT2D eigenvalue weighted by Crippen LogP contribution is 2.23. The first-order valence-electron chi connectivity index (χ1n) is 11.2. The van der Waals surface area contributed by atoms with Crippen LogP contribution in [0.3, 0.4) is 0 Å². The fourth-order valence-electron chi connectivity index (χ4n) is 3.81. The van der Waals surface area contributed by atoms with E-state index in [0.717, 1.165) is 12.8 Å². The molecule has 8 nitrogen and oxygen atoms in total. The number of amides is 2. The average molecular weight is 463 g/mol. The van der Waals surface area contributed by atoms with Gasteiger partial charge in [0.25, 0.3) is 0 Å². The Kier molecular flexibility index (Phi) is 7.95. The maximum Gasteiger partial charge on any atom is 0.318 e. The number of nitrogens with zero attached hydrogens (tertiary/aromatic N) is 3. The van der Waals surface area contributed by atoms with E-state index in [-0.39, 0.29) is 41.7 Å². The zero-order chi connectivity index (χ0) is 23.3. The van der Waals surface area contributed by atoms with E-state index in [2.05, 4.69) is 10.3 Å². The van der Waals surface area contributed by atoms with E-state index in [1.807, 2.05) is 45.9 Å². The minimum atomic E-state index is -3.68. The monoisotopic (exact) mass is 462 g/mol. The predicted molar refractivity (Wildman–Crippen MR) is 123 cm³/mol. The minimum Gasteiger partial charge on any atom is -0.376 e. The molecule has 1 aliphatic heterocycles. The van der Waals surface area contributed by atoms with E-state index in [9.17, 15) is 13.2 Å². The molecule has 0 aliphatic carbocycles. The number of sulfone groups is 1. The normalized spacial score (nSPS) is 16.6. The average Bonchev–Trinajstić information content (AvgIpc) is 3.36. The molecule has 1 aromatic carbocycles. The highest BCUT2D eigenvalue weighted by Gasteiger charge is 2.29. The molecule has 0 bridgehead atoms. The van der Waals surface area contributed by atoms with Crippen LogP contribution in [-0.2, 0) is 33.4 Å². The number of aromatic nitrogens is 2. The Labute approximate surface area is 190 Å². The Morgan fingerprint density at radius 1 is 1.25 bits per heavy atom. The summed E-state index contributed by atoms with van der Waals surface area (Å²) in [5.74, 6) is -0.127. The second-order valence-electron chi connectivity index (χ2n) is 8.85. The van der Waals surface area contributed by atoms with Crippen molar-refractivity contribution in [2.24, 2.45) is 0 Å². The van der Waals surface area contributed by atoms with Gasteiger partial charge in [0.1, 0.15) is 0 Å². The molecule has 2 heterocycles. The lowest BCUT2D eigenvalue weighted by Gasteiger charge is -2.28. The molecule has 0 unspecified atom stereocenters. The van der Waals surface area contributed by atoms with Gasteiger partial charge in [-0.25, -0.2) is 18.2 Å². The van der Waals surface area contributed by atoms with E-state index in [0.29, 0.717) is 24.4 Å². The number of nitrogens with one attached hydrogen (secondary N) is 1. The maximum absolute atomic E-state index is 13.3. The Morgan fingerprint density at radius 2 is 1.97 bits per heavy atom. The third-order valence-corrected chi connectivity index (χ3v) is 7.01. The minimum absolute atomic E-state index is 0.00219. The second-order valence-corrected chi connectivity index (χ2v) is 10.7. The van der Waals surface area contributed by atoms with Gasteiger partial charge in [0.2, 0.25) is 15.0 Å². The molecule has 0 spiro atoms. The zero-order valence-corrected chi connectivity index (χ0v) is 20.1. The second kappa shape index (κ2) is 10.5. The van der Waals surface area contributed by atoms with E-state index in [1.165, 1.54) is 0 Å². The number of rotatable bonds is 9. The number of hydrogen-bond donors (Lipinski definition) is 1. The number of carbonyl (C=O) groups excluding carboxylic acids is 1. The van der Waals surface area contributed by atoms with Gasteiger partial charge in [-0.05, 0) is 46.1 Å². The van der Waals surface area contributed by atoms with Crippen LogP contribution in [-0.4, -0.2) is 53.7 Å². The van der Waals surface area contributed by atoms with Crippen LogP contribution in [0.2, 0.25) is 0 Å². The lowest BCUT2D eigenvalue weighted by molar-refractivity contribution is 0.0932. The topological polar surface area (TPSA) is 93.5 Å². The van der Waals surface area contributed by atoms with Gasteiger partial charge in [-0.3, -0.25) is 0 Å². The van der Waals surface area contributed by atoms with Gasteiger partial charge in [-0.15, -0.1) is 0 Å². The lowest BCUT2D eigenvalue weighted by Crippen LogP contribution is -2.46. The molecule has 0 radical (unpaired) electrons. The molecule has 0 saturated carbocycles. The molecule has 1 aliphatic rings. The summed E-state index contributed by atoms with van der Waals surface area (Å²) >= 11 is 0. The maximum atomic E-state index is 13.3. The molecule has 1 aromatic heterocycles. The lowest BCUT2D eigenvalue weighted by atomic mass is 10.2. The summed E-state index contributed by atoms with van der Waals surface area (Å²) in [6, 6.07) is 8.84. The van der Waals surface area contributed by atoms with Gasteiger partial charge in [-0.1, -0.05) is 30.3 Å². The van der Waals surface area contributed by atoms with Crippen molar-refractivity contribution in [2.45, 2.75) is 82.7 Å². The first-order valence-corrected chi connectivity index (χ1v) is 12.8. The standard InChI is InChI=1S/C23H34N4O4S/c1-17(2)25-22(28)26(18(3)4)14-20-13-24-23(27(20)15-21-11-8-12-31-21)32(29,30)16-19-9-6-5-7-10-19/h5-7,9-10,13,17-18,21H,8,11-12,14-16H2,1-4H3,(H,25,28)/t21-/m1/s1. The van der Waals surface area contributed by atoms with Gasteiger partial charge in [-0.2, -0.15) is 0 Å². The summed E-state index contributed by atoms with van der Waals surface area (Å²) in [6.07, 6.45) is 3.34. The number of benzene rings is 1. The Hall–Kier alpha value is -2.39. The van der Waals surface area contributed by atoms with Gasteiger partial charge < -0.3 is 19.5 Å². The molecule has 176 valence electrons. The molecular weight excluding hydrogens is 428 g/mol. The molecule has 2 amide bonds. The number of carbonyl (C=O) groups is 1. The fourth-order valence-corrected chi connectivity index (χ4v) is 5.31. The molecule has 2 aromatic rings. The molecule has 1 fully saturated rings. The quantitative estimate of drug-likeness (QED) is 0.617. The van der Waals surface area contributed by atoms with Crippen molar-refractivity contribution in [3.8, 4) is 0 Å². The third-order valence-electron chi connectivity index (χ3n) is 5.42. The van der Waals surface area contributed by atoms with E-state index < -0.39 is 9.84 Å². The van der Waals surface area contributed by atoms with Crippen LogP contribution in [0.5, 0.6) is 0 Å². The summed E-state index contributed by atoms with van der Waals surface area (Å²) in [7, 11) is -3.68. The Bertz CT molecular complexity index is 996. The van der Waals surface area contributed by atoms with Crippen molar-refractivity contribution in [1.82, 2.24) is 19.8 Å². The summed E-state index contributed by atoms with van der Waals surface area (Å²) in [5, 5.41) is 2.95. The molecule has 32 heavy (non-hydrogen) atoms. The highest BCUT2D eigenvalue weighted by atomic mass is 32.2. The van der Waals surface area contributed by atoms with Crippen LogP contribution < -0.4 is 5.32 Å². The number of urea groups is 1. The molecule has 1 saturated heterocycles. The van der Waals surface area contributed by atoms with Crippen LogP contribution in [0.25, 0.3) is 0 Å². The fraction of sp³-hybridized carbons (Fsp3) is 0.565. The smallest absolute Gasteiger partial charge is 0.318 e. The van der Waals surface area contributed by atoms with Crippen LogP contribution in [0.1, 0.15) is 51.8 Å². The summed E-state index contributed by atoms with van der Waals surface area (Å²) in [6.45, 7) is 9.03. The van der Waals surface area contributed by atoms with Gasteiger partial charge in [0.15, 0.2) is 0 Å². The third kappa shape index (κ3) is 6.10. The first-order chi connectivity index (χ1) is 15.2. The first kappa shape index (κ1) is 24.3. The van der Waals surface area contributed by atoms with Crippen molar-refractivity contribution in [3.05, 3.63) is 47.8 Å². The van der Waals surface area contributed by atoms with Crippen molar-refractivity contribution in [1.29, 1.82) is 0 Å². The van der Waals surface area contributed by atoms with Crippen LogP contribution in [0.15, 0.2) is 41.7 Å². The largest absolute Gasteiger partial charge is 0.376 e. The van der Waals surface area contributed by atoms with E-state index >= 15 is 0 Å². The van der Waals surface area contributed by atoms with Gasteiger partial charge >= 0.3 is 6.03 Å². The van der Waals surface area contributed by atoms with Gasteiger partial charge in [0, 0.05) is 18.7 Å². The van der Waals surface area contributed by atoms with E-state index in [4.69, 9.17) is 4.74 Å². The molecular formula is C23H34N4O4S. The van der Waals surface area contributed by atoms with Crippen LogP contribution in [0, 0.1) is 0 Å². The Morgan fingerprint density at radius 3 is 2.56 bits per heavy atom. The van der Waals surface area contributed by atoms with Crippen molar-refractivity contribution < 1.29 is 17.9 Å². The molecule has 1 atom stereocenters. The SMILES string of the molecule is CC(C)NC(=O)N(Cc1cnc(S(=O)(=O)Cc2ccccc2)n1C[C@H]1CCCO1)C(C)C. The van der Waals surface area contributed by atoms with Crippen molar-refractivity contribution in [2.75, 3.05) is 6.61 Å². The molecule has 3 rings (SSSR count). The summed E-state index contributed by atoms with van der Waals surface area (Å²) in [4.78, 5) is 18.8. The zero-order valence-electron chi connectivity index (χ0n) is 19.3. The predicted octanol–water partition coefficient (Wildman–Crippen LogP) is 3.36. The van der Waals surface area contributed by atoms with Crippen LogP contribution >= 0.6 is 0 Å². The van der Waals surface area contributed by atoms with Crippen molar-refractivity contribution >= 4 is 15.9 Å². The van der Waals surface area contributed by atoms with Crippen LogP contribution in [0.4, 0.5) is 4.79 Å². The molecule has 9 heteroatoms. The summed E-state index contributed by atoms with van der Waals surface area (Å²) < 4.78 is 34.1. The van der Waals surface area contributed by atoms with E-state index in [1.54, 1.807) is 27.8 Å². The highest BCUT2D eigenvalue weighted by molar-refractivity contribution is 7.90. The van der Waals surface area contributed by atoms with Gasteiger partial charge in [0.05, 0.1) is 36.8 Å². The number of hydrogen-bond acceptors (Lipinski definition) is 5. The molecule has 1 N–H and O–H groups in total. The number of imidazole rings is 1.